The molecule has 0 aliphatic carbocycles. The second kappa shape index (κ2) is 4.18. The summed E-state index contributed by atoms with van der Waals surface area (Å²) in [6.07, 6.45) is 1.36. The monoisotopic (exact) mass is 167 g/mol. The predicted molar refractivity (Wildman–Crippen MR) is 45.6 cm³/mol. The molecule has 1 heterocycles. The zero-order valence-electron chi connectivity index (χ0n) is 7.07. The van der Waals surface area contributed by atoms with Crippen LogP contribution >= 0.6 is 0 Å². The second-order valence-corrected chi connectivity index (χ2v) is 2.79. The number of hydrogen-bond acceptors (Lipinski definition) is 3. The van der Waals surface area contributed by atoms with Crippen LogP contribution in [0.2, 0.25) is 0 Å². The first-order valence-corrected chi connectivity index (χ1v) is 3.95. The Hall–Kier alpha value is -0.930. The van der Waals surface area contributed by atoms with Crippen LogP contribution in [0.5, 0.6) is 0 Å². The first-order valence-electron chi connectivity index (χ1n) is 3.95. The molecule has 0 saturated carbocycles. The van der Waals surface area contributed by atoms with Gasteiger partial charge in [-0.3, -0.25) is 4.98 Å². The number of aromatic nitrogens is 1. The van der Waals surface area contributed by atoms with Gasteiger partial charge in [0.2, 0.25) is 0 Å². The van der Waals surface area contributed by atoms with Crippen LogP contribution in [-0.2, 0) is 0 Å². The number of rotatable bonds is 3. The topological polar surface area (TPSA) is 53.4 Å². The van der Waals surface area contributed by atoms with Gasteiger partial charge in [-0.15, -0.1) is 0 Å². The van der Waals surface area contributed by atoms with Crippen molar-refractivity contribution in [3.8, 4) is 0 Å². The summed E-state index contributed by atoms with van der Waals surface area (Å²) in [5.41, 5.74) is 1.70. The lowest BCUT2D eigenvalue weighted by Gasteiger charge is -2.07. The number of pyridine rings is 1. The van der Waals surface area contributed by atoms with Crippen molar-refractivity contribution >= 4 is 0 Å². The van der Waals surface area contributed by atoms with Gasteiger partial charge in [-0.05, 0) is 24.6 Å². The number of aliphatic hydroxyl groups excluding tert-OH is 2. The molecule has 0 spiro atoms. The third kappa shape index (κ3) is 2.29. The van der Waals surface area contributed by atoms with E-state index in [0.29, 0.717) is 12.1 Å². The number of hydrogen-bond donors (Lipinski definition) is 2. The van der Waals surface area contributed by atoms with E-state index in [1.807, 2.05) is 19.1 Å². The molecule has 0 bridgehead atoms. The Labute approximate surface area is 71.7 Å². The fraction of sp³-hybridized carbons (Fsp3) is 0.444. The molecule has 0 fully saturated rings. The quantitative estimate of drug-likeness (QED) is 0.700. The average molecular weight is 167 g/mol. The molecule has 66 valence electrons. The number of aliphatic hydroxyl groups is 2. The van der Waals surface area contributed by atoms with Crippen molar-refractivity contribution in [2.24, 2.45) is 0 Å². The van der Waals surface area contributed by atoms with E-state index in [2.05, 4.69) is 4.98 Å². The Kier molecular flexibility index (Phi) is 3.19. The number of nitrogens with zero attached hydrogens (tertiary/aromatic N) is 1. The smallest absolute Gasteiger partial charge is 0.0981 e. The third-order valence-electron chi connectivity index (χ3n) is 1.68. The van der Waals surface area contributed by atoms with Crippen molar-refractivity contribution in [1.82, 2.24) is 4.98 Å². The van der Waals surface area contributed by atoms with Gasteiger partial charge in [0.25, 0.3) is 0 Å². The summed E-state index contributed by atoms with van der Waals surface area (Å²) >= 11 is 0. The Morgan fingerprint density at radius 3 is 2.92 bits per heavy atom. The van der Waals surface area contributed by atoms with Crippen LogP contribution in [0.15, 0.2) is 18.3 Å². The summed E-state index contributed by atoms with van der Waals surface area (Å²) in [6, 6.07) is 3.69. The lowest BCUT2D eigenvalue weighted by molar-refractivity contribution is 0.130. The van der Waals surface area contributed by atoms with Crippen molar-refractivity contribution in [1.29, 1.82) is 0 Å². The van der Waals surface area contributed by atoms with Crippen LogP contribution in [0.4, 0.5) is 0 Å². The van der Waals surface area contributed by atoms with Gasteiger partial charge in [-0.25, -0.2) is 0 Å². The van der Waals surface area contributed by atoms with Gasteiger partial charge in [0.1, 0.15) is 0 Å². The molecular weight excluding hydrogens is 154 g/mol. The van der Waals surface area contributed by atoms with Crippen LogP contribution in [0.3, 0.4) is 0 Å². The third-order valence-corrected chi connectivity index (χ3v) is 1.68. The van der Waals surface area contributed by atoms with Gasteiger partial charge >= 0.3 is 0 Å². The van der Waals surface area contributed by atoms with Crippen LogP contribution in [0, 0.1) is 6.92 Å². The lowest BCUT2D eigenvalue weighted by Crippen LogP contribution is -2.02. The van der Waals surface area contributed by atoms with E-state index in [-0.39, 0.29) is 6.61 Å². The Morgan fingerprint density at radius 1 is 1.58 bits per heavy atom. The number of aryl methyl sites for hydroxylation is 1. The van der Waals surface area contributed by atoms with Gasteiger partial charge < -0.3 is 10.2 Å². The van der Waals surface area contributed by atoms with Crippen molar-refractivity contribution in [3.63, 3.8) is 0 Å². The standard InChI is InChI=1S/C9H13NO2/c1-7-2-4-10-8(6-7)9(12)3-5-11/h2,4,6,9,11-12H,3,5H2,1H3. The van der Waals surface area contributed by atoms with Crippen molar-refractivity contribution in [3.05, 3.63) is 29.6 Å². The highest BCUT2D eigenvalue weighted by molar-refractivity contribution is 5.15. The lowest BCUT2D eigenvalue weighted by atomic mass is 10.1. The van der Waals surface area contributed by atoms with Crippen LogP contribution in [-0.4, -0.2) is 21.8 Å². The molecule has 0 saturated heterocycles. The van der Waals surface area contributed by atoms with E-state index in [1.54, 1.807) is 6.20 Å². The van der Waals surface area contributed by atoms with Crippen LogP contribution in [0.25, 0.3) is 0 Å². The van der Waals surface area contributed by atoms with Gasteiger partial charge in [-0.2, -0.15) is 0 Å². The van der Waals surface area contributed by atoms with Gasteiger partial charge in [0.15, 0.2) is 0 Å². The summed E-state index contributed by atoms with van der Waals surface area (Å²) in [5.74, 6) is 0. The molecule has 0 amide bonds. The first kappa shape index (κ1) is 9.16. The maximum absolute atomic E-state index is 9.42. The molecule has 1 atom stereocenters. The van der Waals surface area contributed by atoms with E-state index in [1.165, 1.54) is 0 Å². The maximum atomic E-state index is 9.42. The Bertz CT molecular complexity index is 250. The summed E-state index contributed by atoms with van der Waals surface area (Å²) in [6.45, 7) is 1.92. The predicted octanol–water partition coefficient (Wildman–Crippen LogP) is 0.806. The van der Waals surface area contributed by atoms with E-state index < -0.39 is 6.10 Å². The highest BCUT2D eigenvalue weighted by Gasteiger charge is 2.07. The minimum absolute atomic E-state index is 0.0171. The molecule has 0 aromatic carbocycles. The fourth-order valence-corrected chi connectivity index (χ4v) is 1.01. The molecule has 0 radical (unpaired) electrons. The maximum Gasteiger partial charge on any atom is 0.0981 e. The van der Waals surface area contributed by atoms with Crippen LogP contribution in [0.1, 0.15) is 23.8 Å². The summed E-state index contributed by atoms with van der Waals surface area (Å²) < 4.78 is 0. The van der Waals surface area contributed by atoms with Crippen molar-refractivity contribution in [2.75, 3.05) is 6.61 Å². The fourth-order valence-electron chi connectivity index (χ4n) is 1.01. The highest BCUT2D eigenvalue weighted by Crippen LogP contribution is 2.13. The van der Waals surface area contributed by atoms with E-state index in [0.717, 1.165) is 5.56 Å². The average Bonchev–Trinajstić information content (AvgIpc) is 2.05. The van der Waals surface area contributed by atoms with Gasteiger partial charge in [0.05, 0.1) is 11.8 Å². The Morgan fingerprint density at radius 2 is 2.33 bits per heavy atom. The normalized spacial score (nSPS) is 12.9. The largest absolute Gasteiger partial charge is 0.396 e. The summed E-state index contributed by atoms with van der Waals surface area (Å²) in [4.78, 5) is 4.00. The van der Waals surface area contributed by atoms with Gasteiger partial charge in [0, 0.05) is 19.2 Å². The summed E-state index contributed by atoms with van der Waals surface area (Å²) in [5, 5.41) is 18.0. The molecule has 0 aliphatic rings. The molecule has 3 nitrogen and oxygen atoms in total. The van der Waals surface area contributed by atoms with Gasteiger partial charge in [-0.1, -0.05) is 0 Å². The SMILES string of the molecule is Cc1ccnc(C(O)CCO)c1. The van der Waals surface area contributed by atoms with Crippen LogP contribution < -0.4 is 0 Å². The molecule has 12 heavy (non-hydrogen) atoms. The Balaban J connectivity index is 2.73. The minimum Gasteiger partial charge on any atom is -0.396 e. The molecule has 0 aliphatic heterocycles. The van der Waals surface area contributed by atoms with Crippen molar-refractivity contribution in [2.45, 2.75) is 19.4 Å². The molecule has 1 unspecified atom stereocenters. The molecule has 1 aromatic heterocycles. The highest BCUT2D eigenvalue weighted by atomic mass is 16.3. The molecule has 1 rings (SSSR count). The molecule has 3 heteroatoms. The first-order chi connectivity index (χ1) is 5.74. The summed E-state index contributed by atoms with van der Waals surface area (Å²) in [7, 11) is 0. The van der Waals surface area contributed by atoms with Crippen molar-refractivity contribution < 1.29 is 10.2 Å². The molecule has 1 aromatic rings. The minimum atomic E-state index is -0.644. The molecule has 2 N–H and O–H groups in total. The van der Waals surface area contributed by atoms with E-state index in [4.69, 9.17) is 5.11 Å². The van der Waals surface area contributed by atoms with E-state index >= 15 is 0 Å². The second-order valence-electron chi connectivity index (χ2n) is 2.79. The van der Waals surface area contributed by atoms with E-state index in [9.17, 15) is 5.11 Å². The zero-order chi connectivity index (χ0) is 8.97. The molecular formula is C9H13NO2. The zero-order valence-corrected chi connectivity index (χ0v) is 7.07.